The Bertz CT molecular complexity index is 286. The molecule has 2 aromatic rings. The molecule has 2 rings (SSSR count). The first-order valence-electron chi connectivity index (χ1n) is 3.64. The van der Waals surface area contributed by atoms with Crippen molar-refractivity contribution in [2.75, 3.05) is 0 Å². The van der Waals surface area contributed by atoms with E-state index in [1.807, 2.05) is 36.2 Å². The topological polar surface area (TPSA) is 12.9 Å². The van der Waals surface area contributed by atoms with Crippen molar-refractivity contribution in [2.24, 2.45) is 0 Å². The molecular weight excluding hydrogens is 260 g/mol. The number of pyridine rings is 1. The molecule has 1 heterocycles. The molecule has 0 spiro atoms. The predicted molar refractivity (Wildman–Crippen MR) is 64.3 cm³/mol. The molecule has 12 heavy (non-hydrogen) atoms. The minimum absolute atomic E-state index is 1.06. The summed E-state index contributed by atoms with van der Waals surface area (Å²) in [6.07, 6.45) is 1.81. The van der Waals surface area contributed by atoms with Crippen molar-refractivity contribution < 1.29 is 0 Å². The Kier molecular flexibility index (Phi) is 4.07. The van der Waals surface area contributed by atoms with Gasteiger partial charge in [-0.05, 0) is 12.1 Å². The lowest BCUT2D eigenvalue weighted by Crippen LogP contribution is -1.73. The third kappa shape index (κ3) is 2.20. The fourth-order valence-electron chi connectivity index (χ4n) is 1.02. The molecule has 60 valence electrons. The van der Waals surface area contributed by atoms with Crippen LogP contribution in [0.3, 0.4) is 0 Å². The fraction of sp³-hybridized carbons (Fsp3) is 0. The summed E-state index contributed by atoms with van der Waals surface area (Å²) in [5, 5.41) is 1.20. The Labute approximate surface area is 86.5 Å². The average Bonchev–Trinajstić information content (AvgIpc) is 2.21. The van der Waals surface area contributed by atoms with Gasteiger partial charge in [0, 0.05) is 11.6 Å². The number of hydrogen-bond donors (Lipinski definition) is 0. The second-order valence-electron chi connectivity index (χ2n) is 2.20. The molecule has 0 fully saturated rings. The summed E-state index contributed by atoms with van der Waals surface area (Å²) >= 11 is 2.15. The van der Waals surface area contributed by atoms with Crippen molar-refractivity contribution in [3.63, 3.8) is 0 Å². The summed E-state index contributed by atoms with van der Waals surface area (Å²) in [6, 6.07) is 12.1. The molecule has 0 amide bonds. The van der Waals surface area contributed by atoms with E-state index in [1.165, 1.54) is 5.39 Å². The van der Waals surface area contributed by atoms with E-state index in [2.05, 4.69) is 39.5 Å². The van der Waals surface area contributed by atoms with Crippen LogP contribution < -0.4 is 0 Å². The maximum Gasteiger partial charge on any atom is 0.181 e. The smallest absolute Gasteiger partial charge is 0.181 e. The summed E-state index contributed by atoms with van der Waals surface area (Å²) < 4.78 is 0. The summed E-state index contributed by atoms with van der Waals surface area (Å²) in [4.78, 5) is 4.18. The van der Waals surface area contributed by atoms with Crippen molar-refractivity contribution in [3.8, 4) is 0 Å². The highest BCUT2D eigenvalue weighted by Gasteiger charge is 1.86. The van der Waals surface area contributed by atoms with Gasteiger partial charge >= 0.3 is 0 Å². The number of fused-ring (bicyclic) bond motifs is 1. The second kappa shape index (κ2) is 5.14. The van der Waals surface area contributed by atoms with Gasteiger partial charge in [-0.3, -0.25) is 4.98 Å². The number of halogens is 1. The van der Waals surface area contributed by atoms with Gasteiger partial charge in [-0.1, -0.05) is 24.3 Å². The first kappa shape index (κ1) is 9.51. The standard InChI is InChI=1S/C9H7N.BH2I/c1-2-6-9-8(4-1)5-3-7-10-9;1-2/h1-7H;1H2. The number of benzene rings is 1. The van der Waals surface area contributed by atoms with Gasteiger partial charge in [0.1, 0.15) is 0 Å². The van der Waals surface area contributed by atoms with E-state index in [0.29, 0.717) is 0 Å². The molecular formula is C9H9BIN. The summed E-state index contributed by atoms with van der Waals surface area (Å²) in [5.74, 6) is 0. The van der Waals surface area contributed by atoms with Crippen LogP contribution in [-0.4, -0.2) is 10.7 Å². The van der Waals surface area contributed by atoms with Crippen molar-refractivity contribution in [1.29, 1.82) is 0 Å². The van der Waals surface area contributed by atoms with Gasteiger partial charge in [-0.25, -0.2) is 0 Å². The quantitative estimate of drug-likeness (QED) is 0.527. The van der Waals surface area contributed by atoms with Crippen molar-refractivity contribution >= 4 is 39.0 Å². The SMILES string of the molecule is BI.c1ccc2ncccc2c1. The van der Waals surface area contributed by atoms with Gasteiger partial charge in [0.15, 0.2) is 5.70 Å². The van der Waals surface area contributed by atoms with Gasteiger partial charge in [0.05, 0.1) is 5.52 Å². The number of para-hydroxylation sites is 1. The lowest BCUT2D eigenvalue weighted by Gasteiger charge is -1.91. The summed E-state index contributed by atoms with van der Waals surface area (Å²) in [6.45, 7) is 0. The molecule has 1 nitrogen and oxygen atoms in total. The highest BCUT2D eigenvalue weighted by atomic mass is 127. The summed E-state index contributed by atoms with van der Waals surface area (Å²) in [7, 11) is 0. The van der Waals surface area contributed by atoms with Crippen molar-refractivity contribution in [1.82, 2.24) is 4.98 Å². The highest BCUT2D eigenvalue weighted by Crippen LogP contribution is 2.07. The Hall–Kier alpha value is -0.575. The maximum absolute atomic E-state index is 4.18. The first-order chi connectivity index (χ1) is 5.97. The first-order valence-corrected chi connectivity index (χ1v) is 5.80. The van der Waals surface area contributed by atoms with Crippen LogP contribution in [-0.2, 0) is 0 Å². The monoisotopic (exact) mass is 269 g/mol. The van der Waals surface area contributed by atoms with Crippen LogP contribution in [0.2, 0.25) is 0 Å². The largest absolute Gasteiger partial charge is 0.256 e. The van der Waals surface area contributed by atoms with E-state index in [0.717, 1.165) is 5.52 Å². The number of nitrogens with zero attached hydrogens (tertiary/aromatic N) is 1. The predicted octanol–water partition coefficient (Wildman–Crippen LogP) is 2.20. The van der Waals surface area contributed by atoms with Gasteiger partial charge in [0.2, 0.25) is 0 Å². The van der Waals surface area contributed by atoms with Crippen molar-refractivity contribution in [2.45, 2.75) is 0 Å². The van der Waals surface area contributed by atoms with Crippen LogP contribution in [0.5, 0.6) is 0 Å². The average molecular weight is 269 g/mol. The minimum atomic E-state index is 1.06. The van der Waals surface area contributed by atoms with Crippen LogP contribution in [0.4, 0.5) is 0 Å². The van der Waals surface area contributed by atoms with Gasteiger partial charge in [0.25, 0.3) is 0 Å². The summed E-state index contributed by atoms with van der Waals surface area (Å²) in [5.41, 5.74) is 3.03. The Morgan fingerprint density at radius 2 is 1.67 bits per heavy atom. The molecule has 0 radical (unpaired) electrons. The molecule has 1 aromatic carbocycles. The molecule has 0 saturated carbocycles. The fourth-order valence-corrected chi connectivity index (χ4v) is 1.02. The zero-order chi connectivity index (χ0) is 8.81. The van der Waals surface area contributed by atoms with Crippen LogP contribution >= 0.6 is 22.4 Å². The van der Waals surface area contributed by atoms with E-state index >= 15 is 0 Å². The zero-order valence-electron chi connectivity index (χ0n) is 6.87. The third-order valence-corrected chi connectivity index (χ3v) is 1.51. The number of hydrogen-bond acceptors (Lipinski definition) is 1. The number of aromatic nitrogens is 1. The van der Waals surface area contributed by atoms with Crippen LogP contribution in [0.15, 0.2) is 42.6 Å². The van der Waals surface area contributed by atoms with E-state index in [-0.39, 0.29) is 0 Å². The number of rotatable bonds is 0. The molecule has 0 N–H and O–H groups in total. The van der Waals surface area contributed by atoms with E-state index < -0.39 is 0 Å². The van der Waals surface area contributed by atoms with Crippen molar-refractivity contribution in [3.05, 3.63) is 42.6 Å². The normalized spacial score (nSPS) is 8.75. The van der Waals surface area contributed by atoms with Gasteiger partial charge < -0.3 is 0 Å². The minimum Gasteiger partial charge on any atom is -0.256 e. The molecule has 0 aliphatic rings. The second-order valence-corrected chi connectivity index (χ2v) is 2.20. The Morgan fingerprint density at radius 3 is 2.42 bits per heavy atom. The van der Waals surface area contributed by atoms with Crippen LogP contribution in [0.25, 0.3) is 10.9 Å². The molecule has 0 saturated heterocycles. The molecule has 1 aromatic heterocycles. The Balaban J connectivity index is 0.000000336. The molecule has 0 atom stereocenters. The van der Waals surface area contributed by atoms with E-state index in [4.69, 9.17) is 0 Å². The van der Waals surface area contributed by atoms with E-state index in [1.54, 1.807) is 0 Å². The lowest BCUT2D eigenvalue weighted by molar-refractivity contribution is 1.41. The van der Waals surface area contributed by atoms with Crippen LogP contribution in [0.1, 0.15) is 0 Å². The molecule has 0 aliphatic carbocycles. The third-order valence-electron chi connectivity index (χ3n) is 1.51. The zero-order valence-corrected chi connectivity index (χ0v) is 9.02. The maximum atomic E-state index is 4.18. The highest BCUT2D eigenvalue weighted by molar-refractivity contribution is 14.1. The van der Waals surface area contributed by atoms with Gasteiger partial charge in [-0.2, -0.15) is 22.4 Å². The lowest BCUT2D eigenvalue weighted by atomic mass is 10.2. The molecule has 0 unspecified atom stereocenters. The van der Waals surface area contributed by atoms with Crippen LogP contribution in [0, 0.1) is 0 Å². The van der Waals surface area contributed by atoms with Gasteiger partial charge in [-0.15, -0.1) is 0 Å². The van der Waals surface area contributed by atoms with E-state index in [9.17, 15) is 0 Å². The Morgan fingerprint density at radius 1 is 1.00 bits per heavy atom. The molecule has 0 bridgehead atoms. The molecule has 3 heteroatoms. The molecule has 0 aliphatic heterocycles.